The smallest absolute Gasteiger partial charge is 0.303 e. The number of carboxylic acids is 1. The predicted molar refractivity (Wildman–Crippen MR) is 40.3 cm³/mol. The monoisotopic (exact) mass is 158 g/mol. The maximum atomic E-state index is 10.1. The molecule has 1 fully saturated rings. The van der Waals surface area contributed by atoms with Crippen LogP contribution in [-0.2, 0) is 4.79 Å². The Labute approximate surface area is 66.0 Å². The van der Waals surface area contributed by atoms with Crippen molar-refractivity contribution in [1.29, 1.82) is 0 Å². The van der Waals surface area contributed by atoms with Crippen molar-refractivity contribution in [2.45, 2.75) is 44.1 Å². The molecule has 0 atom stereocenters. The van der Waals surface area contributed by atoms with Crippen LogP contribution >= 0.6 is 0 Å². The van der Waals surface area contributed by atoms with Crippen LogP contribution in [0.4, 0.5) is 0 Å². The van der Waals surface area contributed by atoms with E-state index in [1.807, 2.05) is 0 Å². The standard InChI is InChI=1S/C8H14O3/c9-7(10)3-1-4-8(11)5-2-6-8/h11H,1-6H2,(H,9,10). The third-order valence-electron chi connectivity index (χ3n) is 2.32. The SMILES string of the molecule is O=C(O)CCCC1(O)CCC1. The van der Waals surface area contributed by atoms with Gasteiger partial charge in [0.15, 0.2) is 0 Å². The minimum Gasteiger partial charge on any atom is -0.481 e. The minimum atomic E-state index is -0.770. The van der Waals surface area contributed by atoms with Gasteiger partial charge in [0.2, 0.25) is 0 Å². The lowest BCUT2D eigenvalue weighted by atomic mass is 9.77. The predicted octanol–water partition coefficient (Wildman–Crippen LogP) is 1.16. The molecule has 11 heavy (non-hydrogen) atoms. The minimum absolute atomic E-state index is 0.183. The molecule has 0 saturated heterocycles. The number of hydrogen-bond donors (Lipinski definition) is 2. The zero-order valence-corrected chi connectivity index (χ0v) is 6.55. The number of hydrogen-bond acceptors (Lipinski definition) is 2. The lowest BCUT2D eigenvalue weighted by molar-refractivity contribution is -0.137. The molecule has 3 nitrogen and oxygen atoms in total. The second-order valence-electron chi connectivity index (χ2n) is 3.33. The Balaban J connectivity index is 2.07. The Kier molecular flexibility index (Phi) is 2.49. The van der Waals surface area contributed by atoms with Crippen molar-refractivity contribution in [2.75, 3.05) is 0 Å². The van der Waals surface area contributed by atoms with Crippen molar-refractivity contribution in [2.24, 2.45) is 0 Å². The van der Waals surface area contributed by atoms with E-state index < -0.39 is 11.6 Å². The molecule has 1 aliphatic carbocycles. The van der Waals surface area contributed by atoms with Gasteiger partial charge in [0, 0.05) is 6.42 Å². The molecule has 0 unspecified atom stereocenters. The van der Waals surface area contributed by atoms with E-state index >= 15 is 0 Å². The van der Waals surface area contributed by atoms with E-state index in [-0.39, 0.29) is 6.42 Å². The third kappa shape index (κ3) is 2.50. The van der Waals surface area contributed by atoms with Gasteiger partial charge in [-0.25, -0.2) is 0 Å². The van der Waals surface area contributed by atoms with E-state index in [4.69, 9.17) is 5.11 Å². The van der Waals surface area contributed by atoms with Crippen molar-refractivity contribution in [3.8, 4) is 0 Å². The topological polar surface area (TPSA) is 57.5 Å². The highest BCUT2D eigenvalue weighted by atomic mass is 16.4. The second-order valence-corrected chi connectivity index (χ2v) is 3.33. The molecular formula is C8H14O3. The first-order valence-corrected chi connectivity index (χ1v) is 4.07. The summed E-state index contributed by atoms with van der Waals surface area (Å²) in [4.78, 5) is 10.1. The summed E-state index contributed by atoms with van der Waals surface area (Å²) in [5.74, 6) is -0.770. The highest BCUT2D eigenvalue weighted by Crippen LogP contribution is 2.35. The molecule has 1 aliphatic rings. The molecule has 0 spiro atoms. The van der Waals surface area contributed by atoms with Gasteiger partial charge in [-0.2, -0.15) is 0 Å². The van der Waals surface area contributed by atoms with Gasteiger partial charge in [-0.15, -0.1) is 0 Å². The third-order valence-corrected chi connectivity index (χ3v) is 2.32. The summed E-state index contributed by atoms with van der Waals surface area (Å²) in [6, 6.07) is 0. The summed E-state index contributed by atoms with van der Waals surface area (Å²) < 4.78 is 0. The largest absolute Gasteiger partial charge is 0.481 e. The van der Waals surface area contributed by atoms with Crippen LogP contribution in [0.2, 0.25) is 0 Å². The van der Waals surface area contributed by atoms with Gasteiger partial charge in [0.1, 0.15) is 0 Å². The van der Waals surface area contributed by atoms with Gasteiger partial charge < -0.3 is 10.2 Å². The van der Waals surface area contributed by atoms with Crippen LogP contribution in [0.25, 0.3) is 0 Å². The second kappa shape index (κ2) is 3.22. The van der Waals surface area contributed by atoms with Crippen molar-refractivity contribution >= 4 is 5.97 Å². The van der Waals surface area contributed by atoms with Crippen LogP contribution in [0.15, 0.2) is 0 Å². The van der Waals surface area contributed by atoms with Crippen LogP contribution < -0.4 is 0 Å². The summed E-state index contributed by atoms with van der Waals surface area (Å²) in [5, 5.41) is 17.8. The van der Waals surface area contributed by atoms with Gasteiger partial charge in [-0.05, 0) is 32.1 Å². The summed E-state index contributed by atoms with van der Waals surface area (Å²) in [6.45, 7) is 0. The summed E-state index contributed by atoms with van der Waals surface area (Å²) in [5.41, 5.74) is -0.505. The summed E-state index contributed by atoms with van der Waals surface area (Å²) >= 11 is 0. The normalized spacial score (nSPS) is 20.8. The molecule has 2 N–H and O–H groups in total. The molecule has 1 saturated carbocycles. The zero-order chi connectivity index (χ0) is 8.32. The molecule has 0 aromatic rings. The molecule has 0 radical (unpaired) electrons. The van der Waals surface area contributed by atoms with E-state index in [1.165, 1.54) is 0 Å². The van der Waals surface area contributed by atoms with Gasteiger partial charge in [0.05, 0.1) is 5.60 Å². The lowest BCUT2D eigenvalue weighted by Gasteiger charge is -2.36. The highest BCUT2D eigenvalue weighted by Gasteiger charge is 2.33. The van der Waals surface area contributed by atoms with Crippen LogP contribution in [0.3, 0.4) is 0 Å². The number of carboxylic acid groups (broad SMARTS) is 1. The maximum Gasteiger partial charge on any atom is 0.303 e. The number of aliphatic hydroxyl groups is 1. The average molecular weight is 158 g/mol. The number of aliphatic carboxylic acids is 1. The van der Waals surface area contributed by atoms with Crippen molar-refractivity contribution in [1.82, 2.24) is 0 Å². The van der Waals surface area contributed by atoms with Gasteiger partial charge in [0.25, 0.3) is 0 Å². The van der Waals surface area contributed by atoms with Crippen LogP contribution in [0.5, 0.6) is 0 Å². The Morgan fingerprint density at radius 2 is 2.09 bits per heavy atom. The van der Waals surface area contributed by atoms with E-state index in [2.05, 4.69) is 0 Å². The van der Waals surface area contributed by atoms with Crippen LogP contribution in [-0.4, -0.2) is 21.8 Å². The van der Waals surface area contributed by atoms with Gasteiger partial charge in [-0.1, -0.05) is 0 Å². The van der Waals surface area contributed by atoms with Crippen molar-refractivity contribution in [3.05, 3.63) is 0 Å². The molecule has 0 aromatic heterocycles. The highest BCUT2D eigenvalue weighted by molar-refractivity contribution is 5.66. The first-order chi connectivity index (χ1) is 5.12. The fraction of sp³-hybridized carbons (Fsp3) is 0.875. The number of rotatable bonds is 4. The fourth-order valence-electron chi connectivity index (χ4n) is 1.40. The average Bonchev–Trinajstić information content (AvgIpc) is 1.83. The maximum absolute atomic E-state index is 10.1. The van der Waals surface area contributed by atoms with Crippen LogP contribution in [0, 0.1) is 0 Å². The molecule has 0 bridgehead atoms. The molecule has 1 rings (SSSR count). The van der Waals surface area contributed by atoms with E-state index in [9.17, 15) is 9.90 Å². The summed E-state index contributed by atoms with van der Waals surface area (Å²) in [6.07, 6.45) is 4.23. The van der Waals surface area contributed by atoms with E-state index in [0.717, 1.165) is 19.3 Å². The molecular weight excluding hydrogens is 144 g/mol. The lowest BCUT2D eigenvalue weighted by Crippen LogP contribution is -2.36. The molecule has 64 valence electrons. The number of carbonyl (C=O) groups is 1. The Hall–Kier alpha value is -0.570. The molecule has 0 aromatic carbocycles. The zero-order valence-electron chi connectivity index (χ0n) is 6.55. The summed E-state index contributed by atoms with van der Waals surface area (Å²) in [7, 11) is 0. The first kappa shape index (κ1) is 8.53. The van der Waals surface area contributed by atoms with E-state index in [1.54, 1.807) is 0 Å². The van der Waals surface area contributed by atoms with Crippen molar-refractivity contribution < 1.29 is 15.0 Å². The Morgan fingerprint density at radius 1 is 1.45 bits per heavy atom. The molecule has 0 amide bonds. The Bertz CT molecular complexity index is 149. The molecule has 0 heterocycles. The Morgan fingerprint density at radius 3 is 2.45 bits per heavy atom. The van der Waals surface area contributed by atoms with Crippen LogP contribution in [0.1, 0.15) is 38.5 Å². The van der Waals surface area contributed by atoms with Gasteiger partial charge in [-0.3, -0.25) is 4.79 Å². The molecule has 3 heteroatoms. The molecule has 0 aliphatic heterocycles. The first-order valence-electron chi connectivity index (χ1n) is 4.07. The fourth-order valence-corrected chi connectivity index (χ4v) is 1.40. The quantitative estimate of drug-likeness (QED) is 0.645. The van der Waals surface area contributed by atoms with E-state index in [0.29, 0.717) is 12.8 Å². The van der Waals surface area contributed by atoms with Crippen molar-refractivity contribution in [3.63, 3.8) is 0 Å². The van der Waals surface area contributed by atoms with Gasteiger partial charge >= 0.3 is 5.97 Å².